The van der Waals surface area contributed by atoms with Gasteiger partial charge in [0, 0.05) is 49.3 Å². The normalized spacial score (nSPS) is 12.4. The second-order valence-electron chi connectivity index (χ2n) is 31.0. The van der Waals surface area contributed by atoms with Gasteiger partial charge in [-0.25, -0.2) is 4.98 Å². The molecule has 2 heterocycles. The van der Waals surface area contributed by atoms with Crippen molar-refractivity contribution in [3.8, 4) is 11.5 Å². The summed E-state index contributed by atoms with van der Waals surface area (Å²) in [6.45, 7) is 6.20. The minimum atomic E-state index is -4.88. The molecule has 0 bridgehead atoms. The fourth-order valence-corrected chi connectivity index (χ4v) is 16.2. The van der Waals surface area contributed by atoms with Gasteiger partial charge in [0.05, 0.1) is 113 Å². The predicted molar refractivity (Wildman–Crippen MR) is 534 cm³/mol. The number of anilines is 6. The number of aryl methyl sites for hydroxylation is 2. The summed E-state index contributed by atoms with van der Waals surface area (Å²) in [7, 11) is -22.9. The molecule has 14 aromatic rings. The molecule has 50 heteroatoms. The first-order chi connectivity index (χ1) is 68.5. The summed E-state index contributed by atoms with van der Waals surface area (Å²) in [6, 6.07) is 65.3. The fraction of sp³-hybridized carbons (Fsp3) is 0.161. The van der Waals surface area contributed by atoms with Crippen molar-refractivity contribution >= 4 is 200 Å². The van der Waals surface area contributed by atoms with Gasteiger partial charge in [-0.15, -0.1) is 20.5 Å². The van der Waals surface area contributed by atoms with Crippen molar-refractivity contribution in [2.75, 3.05) is 53.3 Å². The number of aromatic nitrogens is 6. The Morgan fingerprint density at radius 2 is 0.699 bits per heavy atom. The third-order valence-electron chi connectivity index (χ3n) is 20.0. The first kappa shape index (κ1) is 103. The van der Waals surface area contributed by atoms with E-state index >= 15 is 0 Å². The van der Waals surface area contributed by atoms with Crippen LogP contribution in [0.25, 0.3) is 0 Å². The molecule has 0 radical (unpaired) electrons. The Morgan fingerprint density at radius 1 is 0.322 bits per heavy atom. The van der Waals surface area contributed by atoms with Gasteiger partial charge in [-0.05, 0) is 257 Å². The maximum atomic E-state index is 12.8. The van der Waals surface area contributed by atoms with Crippen molar-refractivity contribution in [1.29, 1.82) is 0 Å². The maximum Gasteiger partial charge on any atom is 0.296 e. The van der Waals surface area contributed by atoms with E-state index in [0.717, 1.165) is 12.1 Å². The quantitative estimate of drug-likeness (QED) is 0.00973. The van der Waals surface area contributed by atoms with E-state index in [1.807, 2.05) is 26.0 Å². The van der Waals surface area contributed by atoms with Gasteiger partial charge >= 0.3 is 0 Å². The summed E-state index contributed by atoms with van der Waals surface area (Å²) in [4.78, 5) is 27.2. The van der Waals surface area contributed by atoms with E-state index in [1.54, 1.807) is 146 Å². The first-order valence-corrected chi connectivity index (χ1v) is 51.2. The number of benzene rings is 12. The fourth-order valence-electron chi connectivity index (χ4n) is 13.0. The van der Waals surface area contributed by atoms with Crippen molar-refractivity contribution in [3.05, 3.63) is 299 Å². The molecule has 43 nitrogen and oxygen atoms in total. The van der Waals surface area contributed by atoms with E-state index in [0.29, 0.717) is 129 Å². The summed E-state index contributed by atoms with van der Waals surface area (Å²) in [5.74, 6) is 0.717. The zero-order valence-corrected chi connectivity index (χ0v) is 81.1. The average molecular weight is 2070 g/mol. The number of hydrogen-bond donors (Lipinski definition) is 9. The number of azo groups is 8. The monoisotopic (exact) mass is 2070 g/mol. The average Bonchev–Trinajstić information content (AvgIpc) is 0.806. The van der Waals surface area contributed by atoms with Crippen LogP contribution in [-0.2, 0) is 63.4 Å². The summed E-state index contributed by atoms with van der Waals surface area (Å²) in [6.07, 6.45) is 2.25. The van der Waals surface area contributed by atoms with Crippen LogP contribution in [0.1, 0.15) is 72.9 Å². The van der Waals surface area contributed by atoms with Crippen LogP contribution in [0.4, 0.5) is 126 Å². The number of rotatable bonds is 44. The number of hydrogen-bond acceptors (Lipinski definition) is 38. The predicted octanol–water partition coefficient (Wildman–Crippen LogP) is 26.1. The number of nitrogens with zero attached hydrogens (tertiary/aromatic N) is 22. The van der Waals surface area contributed by atoms with Crippen LogP contribution in [-0.4, -0.2) is 127 Å². The van der Waals surface area contributed by atoms with Crippen molar-refractivity contribution in [2.24, 2.45) is 81.8 Å². The molecule has 0 atom stereocenters. The SMILES string of the molecule is CCCOc1cc(N=Nc2ccc(N=Nc3ccccc3)cc2S(=O)(=O)O)c(Cl)cc1Nc1nc(NCCCCCNc2nc(Cc3ccc(N=Nc4ccc(N=Nc5ccccc5)cc4S(=O)(=O)O)c(C)c3)nc(Cc3cc(Cl)c(N=Nc4ccc(N=Nc5ccc(S(=O)(=O)O)cc5)cc4)cc3OCCCS(=O)(=O)O)n2)nc(Nc2ccc(N=Nc3ccc(N=Nc4ccc(S(=O)(=O)O)cc4)cc3)c(C)c2)n1. The van der Waals surface area contributed by atoms with E-state index in [1.165, 1.54) is 91.0 Å². The minimum absolute atomic E-state index is 0.0122. The number of nitrogens with one attached hydrogen (secondary N) is 4. The van der Waals surface area contributed by atoms with Crippen molar-refractivity contribution in [3.63, 3.8) is 0 Å². The Hall–Kier alpha value is -15.6. The molecule has 14 rings (SSSR count). The van der Waals surface area contributed by atoms with Gasteiger partial charge in [-0.1, -0.05) is 78.7 Å². The van der Waals surface area contributed by atoms with Crippen LogP contribution < -0.4 is 30.7 Å². The molecule has 143 heavy (non-hydrogen) atoms. The smallest absolute Gasteiger partial charge is 0.296 e. The molecule has 0 saturated carbocycles. The molecule has 2 aromatic heterocycles. The molecule has 0 aliphatic carbocycles. The van der Waals surface area contributed by atoms with Crippen LogP contribution in [0, 0.1) is 13.8 Å². The van der Waals surface area contributed by atoms with Crippen LogP contribution in [0.2, 0.25) is 10.0 Å². The third kappa shape index (κ3) is 31.2. The summed E-state index contributed by atoms with van der Waals surface area (Å²) in [5.41, 5.74) is 7.57. The second-order valence-corrected chi connectivity index (χ2v) is 39.0. The molecular weight excluding hydrogens is 1980 g/mol. The zero-order valence-electron chi connectivity index (χ0n) is 75.5. The lowest BCUT2D eigenvalue weighted by Crippen LogP contribution is -2.13. The van der Waals surface area contributed by atoms with E-state index in [9.17, 15) is 64.9 Å². The highest BCUT2D eigenvalue weighted by atomic mass is 35.5. The zero-order chi connectivity index (χ0) is 101. The molecule has 0 amide bonds. The lowest BCUT2D eigenvalue weighted by atomic mass is 10.1. The van der Waals surface area contributed by atoms with Crippen LogP contribution in [0.15, 0.2) is 356 Å². The topological polar surface area (TPSA) is 614 Å². The molecule has 9 N–H and O–H groups in total. The Kier molecular flexibility index (Phi) is 34.3. The van der Waals surface area contributed by atoms with Crippen molar-refractivity contribution in [2.45, 2.75) is 85.3 Å². The molecule has 0 aliphatic rings. The van der Waals surface area contributed by atoms with E-state index < -0.39 is 66.1 Å². The molecule has 0 aliphatic heterocycles. The highest BCUT2D eigenvalue weighted by molar-refractivity contribution is 7.87. The van der Waals surface area contributed by atoms with Crippen LogP contribution in [0.5, 0.6) is 11.5 Å². The molecule has 0 spiro atoms. The maximum absolute atomic E-state index is 12.8. The Morgan fingerprint density at radius 3 is 1.17 bits per heavy atom. The van der Waals surface area contributed by atoms with Gasteiger partial charge in [0.15, 0.2) is 0 Å². The Balaban J connectivity index is 0.706. The van der Waals surface area contributed by atoms with E-state index in [4.69, 9.17) is 62.6 Å². The van der Waals surface area contributed by atoms with Gasteiger partial charge in [0.2, 0.25) is 23.8 Å². The van der Waals surface area contributed by atoms with E-state index in [-0.39, 0.29) is 133 Å². The number of ether oxygens (including phenoxy) is 2. The molecule has 12 aromatic carbocycles. The number of halogens is 2. The second kappa shape index (κ2) is 47.6. The van der Waals surface area contributed by atoms with Crippen molar-refractivity contribution in [1.82, 2.24) is 29.9 Å². The highest BCUT2D eigenvalue weighted by Crippen LogP contribution is 2.43. The van der Waals surface area contributed by atoms with Gasteiger partial charge in [0.25, 0.3) is 50.6 Å². The van der Waals surface area contributed by atoms with Gasteiger partial charge in [-0.3, -0.25) is 22.8 Å². The molecule has 732 valence electrons. The van der Waals surface area contributed by atoms with Gasteiger partial charge in [0.1, 0.15) is 55.7 Å². The van der Waals surface area contributed by atoms with Crippen molar-refractivity contribution < 1.29 is 74.3 Å². The van der Waals surface area contributed by atoms with Crippen LogP contribution in [0.3, 0.4) is 0 Å². The molecule has 0 saturated heterocycles. The first-order valence-electron chi connectivity index (χ1n) is 43.1. The molecule has 0 unspecified atom stereocenters. The Bertz CT molecular complexity index is 7880. The third-order valence-corrected chi connectivity index (χ3v) is 24.9. The summed E-state index contributed by atoms with van der Waals surface area (Å²) in [5, 5.41) is 81.3. The van der Waals surface area contributed by atoms with E-state index in [2.05, 4.69) is 103 Å². The highest BCUT2D eigenvalue weighted by Gasteiger charge is 2.24. The minimum Gasteiger partial charge on any atom is -0.493 e. The van der Waals surface area contributed by atoms with Gasteiger partial charge < -0.3 is 30.7 Å². The van der Waals surface area contributed by atoms with Crippen LogP contribution >= 0.6 is 23.2 Å². The lowest BCUT2D eigenvalue weighted by Gasteiger charge is -2.15. The van der Waals surface area contributed by atoms with Gasteiger partial charge in [-0.2, -0.15) is 128 Å². The molecule has 0 fully saturated rings. The summed E-state index contributed by atoms with van der Waals surface area (Å²) < 4.78 is 182. The number of unbranched alkanes of at least 4 members (excludes halogenated alkanes) is 2. The Labute approximate surface area is 829 Å². The molecular formula is C93H84Cl2N26O17S5. The lowest BCUT2D eigenvalue weighted by molar-refractivity contribution is 0.313. The summed E-state index contributed by atoms with van der Waals surface area (Å²) >= 11 is 14.0. The largest absolute Gasteiger partial charge is 0.493 e. The standard InChI is InChI=1S/C93H84Cl2N26O17S5/c1-4-45-137-85-57-82(121-119-80-42-34-72(54-87(80)143(134,135)136)115-107-63-17-10-6-11-18-63)76(95)55-83(85)99-93-104-91(103-92(105-93)98-70-32-40-78(59(3)49-70)116-112-66-24-20-64(21-25-66)108-110-68-28-35-73(36-29-68)140(125,126)127)97-44-13-7-12-43-96-90-101-88(50-60-19-39-77(58(2)48-60)117-118-79-41-33-71(53-86(79)142(131,132)133)114-106-62-15-8-5-9-16-62)100-89(102-90)52-61-51-75(94)81(56-84(61)138-46-14-47-139(122,123)124)120-113-67-26-22-65(23-27-67)109-111-69-30-37-74(38-31-69)141(128,129)130/h5-6,8-11,15-42,48-49,51,53-57H,4,7,12-14,43-47,50,52H2,1-3H3,(H,122,123,124)(H,125,126,127)(H,128,129,130)(H,131,132,133)(H,134,135,136)(H,96,100,101,102)(H3,97,98,99,103,104,105).